The summed E-state index contributed by atoms with van der Waals surface area (Å²) in [4.78, 5) is 18.2. The van der Waals surface area contributed by atoms with Gasteiger partial charge in [-0.25, -0.2) is 0 Å². The molecule has 0 spiro atoms. The van der Waals surface area contributed by atoms with Gasteiger partial charge in [0.1, 0.15) is 12.4 Å². The highest BCUT2D eigenvalue weighted by molar-refractivity contribution is 5.80. The van der Waals surface area contributed by atoms with Gasteiger partial charge in [0.2, 0.25) is 0 Å². The molecule has 0 bridgehead atoms. The van der Waals surface area contributed by atoms with E-state index in [2.05, 4.69) is 21.1 Å². The molecule has 1 fully saturated rings. The number of guanidine groups is 1. The van der Waals surface area contributed by atoms with Crippen LogP contribution < -0.4 is 10.1 Å². The summed E-state index contributed by atoms with van der Waals surface area (Å²) in [7, 11) is 3.23. The monoisotopic (exact) mass is 357 g/mol. The maximum atomic E-state index is 11.6. The quantitative estimate of drug-likeness (QED) is 0.363. The van der Waals surface area contributed by atoms with Gasteiger partial charge < -0.3 is 19.7 Å². The van der Waals surface area contributed by atoms with Crippen LogP contribution in [0.4, 0.5) is 0 Å². The summed E-state index contributed by atoms with van der Waals surface area (Å²) >= 11 is 0. The lowest BCUT2D eigenvalue weighted by molar-refractivity contribution is -0.146. The van der Waals surface area contributed by atoms with E-state index in [0.29, 0.717) is 0 Å². The molecule has 0 aromatic heterocycles. The Morgan fingerprint density at radius 1 is 1.35 bits per heavy atom. The topological polar surface area (TPSA) is 63.2 Å². The van der Waals surface area contributed by atoms with Crippen LogP contribution in [-0.2, 0) is 16.0 Å². The molecule has 1 N–H and O–H groups in total. The fraction of sp³-hybridized carbons (Fsp3) is 0.500. The average molecular weight is 357 g/mol. The Kier molecular flexibility index (Phi) is 7.81. The van der Waals surface area contributed by atoms with Gasteiger partial charge in [-0.1, -0.05) is 18.1 Å². The van der Waals surface area contributed by atoms with Crippen molar-refractivity contribution in [3.8, 4) is 18.1 Å². The first-order valence-corrected chi connectivity index (χ1v) is 8.86. The summed E-state index contributed by atoms with van der Waals surface area (Å²) in [5.41, 5.74) is 1.21. The lowest BCUT2D eigenvalue weighted by Gasteiger charge is -2.33. The van der Waals surface area contributed by atoms with Crippen molar-refractivity contribution in [2.75, 3.05) is 40.4 Å². The zero-order valence-corrected chi connectivity index (χ0v) is 15.5. The fourth-order valence-corrected chi connectivity index (χ4v) is 3.02. The molecule has 0 amide bonds. The molecule has 0 radical (unpaired) electrons. The number of ether oxygens (including phenoxy) is 2. The van der Waals surface area contributed by atoms with E-state index in [4.69, 9.17) is 15.9 Å². The van der Waals surface area contributed by atoms with Crippen LogP contribution in [0.25, 0.3) is 0 Å². The molecule has 6 nitrogen and oxygen atoms in total. The van der Waals surface area contributed by atoms with Crippen LogP contribution in [0.5, 0.6) is 5.75 Å². The third-order valence-corrected chi connectivity index (χ3v) is 4.48. The molecule has 1 aliphatic heterocycles. The van der Waals surface area contributed by atoms with E-state index in [-0.39, 0.29) is 18.5 Å². The first kappa shape index (κ1) is 19.6. The Balaban J connectivity index is 1.76. The molecule has 26 heavy (non-hydrogen) atoms. The molecule has 0 unspecified atom stereocenters. The number of benzene rings is 1. The third-order valence-electron chi connectivity index (χ3n) is 4.48. The van der Waals surface area contributed by atoms with Crippen LogP contribution in [-0.4, -0.2) is 57.2 Å². The van der Waals surface area contributed by atoms with Crippen molar-refractivity contribution in [1.82, 2.24) is 10.2 Å². The predicted octanol–water partition coefficient (Wildman–Crippen LogP) is 1.70. The van der Waals surface area contributed by atoms with E-state index in [1.165, 1.54) is 12.7 Å². The zero-order chi connectivity index (χ0) is 18.8. The molecule has 1 heterocycles. The number of esters is 1. The van der Waals surface area contributed by atoms with Gasteiger partial charge in [0.15, 0.2) is 5.96 Å². The molecule has 1 aromatic rings. The van der Waals surface area contributed by atoms with E-state index in [0.717, 1.165) is 50.6 Å². The number of terminal acetylenes is 1. The number of hydrogen-bond acceptors (Lipinski definition) is 4. The maximum Gasteiger partial charge on any atom is 0.308 e. The van der Waals surface area contributed by atoms with Crippen molar-refractivity contribution in [2.45, 2.75) is 19.3 Å². The Labute approximate surface area is 155 Å². The van der Waals surface area contributed by atoms with Crippen molar-refractivity contribution >= 4 is 11.9 Å². The largest absolute Gasteiger partial charge is 0.481 e. The minimum absolute atomic E-state index is 0.00422. The second-order valence-electron chi connectivity index (χ2n) is 6.15. The van der Waals surface area contributed by atoms with Crippen LogP contribution in [0.1, 0.15) is 18.4 Å². The van der Waals surface area contributed by atoms with Gasteiger partial charge in [-0.3, -0.25) is 9.79 Å². The van der Waals surface area contributed by atoms with Gasteiger partial charge in [0.05, 0.1) is 13.0 Å². The summed E-state index contributed by atoms with van der Waals surface area (Å²) in [5, 5.41) is 3.40. The number of hydrogen-bond donors (Lipinski definition) is 1. The minimum Gasteiger partial charge on any atom is -0.481 e. The van der Waals surface area contributed by atoms with Crippen LogP contribution in [0.2, 0.25) is 0 Å². The van der Waals surface area contributed by atoms with Gasteiger partial charge in [-0.05, 0) is 37.0 Å². The number of carbonyl (C=O) groups is 1. The molecule has 140 valence electrons. The Bertz CT molecular complexity index is 641. The standard InChI is InChI=1S/C20H27N3O3/c1-4-15-26-18-7-5-16(6-8-18)9-12-22-20(21-2)23-13-10-17(11-14-23)19(24)25-3/h1,5-8,17H,9-15H2,2-3H3,(H,21,22). The Morgan fingerprint density at radius 3 is 2.62 bits per heavy atom. The molecule has 2 rings (SSSR count). The molecule has 0 saturated carbocycles. The number of carbonyl (C=O) groups excluding carboxylic acids is 1. The Hall–Kier alpha value is -2.68. The number of aliphatic imine (C=N–C) groups is 1. The van der Waals surface area contributed by atoms with Gasteiger partial charge in [-0.2, -0.15) is 0 Å². The molecule has 1 aromatic carbocycles. The molecule has 1 saturated heterocycles. The van der Waals surface area contributed by atoms with Gasteiger partial charge in [-0.15, -0.1) is 6.42 Å². The summed E-state index contributed by atoms with van der Waals surface area (Å²) in [6, 6.07) is 7.94. The number of piperidine rings is 1. The minimum atomic E-state index is -0.109. The molecular weight excluding hydrogens is 330 g/mol. The summed E-state index contributed by atoms with van der Waals surface area (Å²) in [5.74, 6) is 4.01. The predicted molar refractivity (Wildman–Crippen MR) is 102 cm³/mol. The summed E-state index contributed by atoms with van der Waals surface area (Å²) in [6.07, 6.45) is 7.66. The van der Waals surface area contributed by atoms with Crippen LogP contribution in [0.3, 0.4) is 0 Å². The highest BCUT2D eigenvalue weighted by Crippen LogP contribution is 2.18. The highest BCUT2D eigenvalue weighted by Gasteiger charge is 2.26. The number of methoxy groups -OCH3 is 1. The van der Waals surface area contributed by atoms with Gasteiger partial charge in [0.25, 0.3) is 0 Å². The van der Waals surface area contributed by atoms with E-state index < -0.39 is 0 Å². The lowest BCUT2D eigenvalue weighted by Crippen LogP contribution is -2.47. The van der Waals surface area contributed by atoms with Gasteiger partial charge in [0, 0.05) is 26.7 Å². The van der Waals surface area contributed by atoms with E-state index in [1.54, 1.807) is 7.05 Å². The van der Waals surface area contributed by atoms with Crippen LogP contribution in [0, 0.1) is 18.3 Å². The number of likely N-dealkylation sites (tertiary alicyclic amines) is 1. The summed E-state index contributed by atoms with van der Waals surface area (Å²) < 4.78 is 10.2. The van der Waals surface area contributed by atoms with Crippen molar-refractivity contribution in [1.29, 1.82) is 0 Å². The van der Waals surface area contributed by atoms with Crippen molar-refractivity contribution in [3.05, 3.63) is 29.8 Å². The molecule has 0 atom stereocenters. The number of nitrogens with one attached hydrogen (secondary N) is 1. The second-order valence-corrected chi connectivity index (χ2v) is 6.15. The van der Waals surface area contributed by atoms with Crippen LogP contribution >= 0.6 is 0 Å². The SMILES string of the molecule is C#CCOc1ccc(CCNC(=NC)N2CCC(C(=O)OC)CC2)cc1. The van der Waals surface area contributed by atoms with Crippen molar-refractivity contribution in [2.24, 2.45) is 10.9 Å². The van der Waals surface area contributed by atoms with E-state index in [9.17, 15) is 4.79 Å². The average Bonchev–Trinajstić information content (AvgIpc) is 2.70. The molecule has 6 heteroatoms. The summed E-state index contributed by atoms with van der Waals surface area (Å²) in [6.45, 7) is 2.68. The molecular formula is C20H27N3O3. The number of rotatable bonds is 6. The zero-order valence-electron chi connectivity index (χ0n) is 15.5. The van der Waals surface area contributed by atoms with E-state index >= 15 is 0 Å². The molecule has 1 aliphatic rings. The van der Waals surface area contributed by atoms with Crippen molar-refractivity contribution in [3.63, 3.8) is 0 Å². The lowest BCUT2D eigenvalue weighted by atomic mass is 9.97. The highest BCUT2D eigenvalue weighted by atomic mass is 16.5. The fourth-order valence-electron chi connectivity index (χ4n) is 3.02. The third kappa shape index (κ3) is 5.69. The van der Waals surface area contributed by atoms with Crippen molar-refractivity contribution < 1.29 is 14.3 Å². The normalized spacial score (nSPS) is 15.3. The van der Waals surface area contributed by atoms with E-state index in [1.807, 2.05) is 24.3 Å². The maximum absolute atomic E-state index is 11.6. The number of nitrogens with zero attached hydrogens (tertiary/aromatic N) is 2. The Morgan fingerprint density at radius 2 is 2.04 bits per heavy atom. The smallest absolute Gasteiger partial charge is 0.308 e. The first-order valence-electron chi connectivity index (χ1n) is 8.86. The van der Waals surface area contributed by atoms with Gasteiger partial charge >= 0.3 is 5.97 Å². The second kappa shape index (κ2) is 10.3. The van der Waals surface area contributed by atoms with Crippen LogP contribution in [0.15, 0.2) is 29.3 Å². The first-order chi connectivity index (χ1) is 12.7. The molecule has 0 aliphatic carbocycles.